The molecule has 0 heterocycles. The van der Waals surface area contributed by atoms with Gasteiger partial charge in [0.15, 0.2) is 0 Å². The average Bonchev–Trinajstić information content (AvgIpc) is 2.30. The summed E-state index contributed by atoms with van der Waals surface area (Å²) in [6.07, 6.45) is 0.916. The first-order valence-corrected chi connectivity index (χ1v) is 6.52. The first kappa shape index (κ1) is 15.1. The van der Waals surface area contributed by atoms with E-state index in [1.54, 1.807) is 13.2 Å². The van der Waals surface area contributed by atoms with E-state index in [0.29, 0.717) is 12.0 Å². The van der Waals surface area contributed by atoms with E-state index in [4.69, 9.17) is 4.74 Å². The highest BCUT2D eigenvalue weighted by atomic mass is 19.1. The van der Waals surface area contributed by atoms with Crippen LogP contribution in [0.5, 0.6) is 0 Å². The molecule has 3 heteroatoms. The van der Waals surface area contributed by atoms with E-state index in [1.807, 2.05) is 13.0 Å². The van der Waals surface area contributed by atoms with Gasteiger partial charge in [-0.1, -0.05) is 19.9 Å². The van der Waals surface area contributed by atoms with Gasteiger partial charge in [-0.05, 0) is 49.1 Å². The van der Waals surface area contributed by atoms with Crippen molar-refractivity contribution in [1.29, 1.82) is 0 Å². The van der Waals surface area contributed by atoms with Crippen molar-refractivity contribution in [3.05, 3.63) is 35.1 Å². The van der Waals surface area contributed by atoms with Gasteiger partial charge < -0.3 is 10.1 Å². The van der Waals surface area contributed by atoms with Crippen LogP contribution < -0.4 is 5.32 Å². The van der Waals surface area contributed by atoms with Crippen LogP contribution >= 0.6 is 0 Å². The molecule has 0 radical (unpaired) electrons. The molecule has 0 bridgehead atoms. The molecule has 0 aliphatic carbocycles. The third kappa shape index (κ3) is 4.75. The normalized spacial score (nSPS) is 13.0. The van der Waals surface area contributed by atoms with Crippen LogP contribution in [0.4, 0.5) is 4.39 Å². The van der Waals surface area contributed by atoms with Crippen molar-refractivity contribution in [1.82, 2.24) is 5.32 Å². The largest absolute Gasteiger partial charge is 0.383 e. The summed E-state index contributed by atoms with van der Waals surface area (Å²) in [4.78, 5) is 0. The molecule has 0 saturated heterocycles. The number of rotatable bonds is 7. The maximum atomic E-state index is 13.0. The summed E-state index contributed by atoms with van der Waals surface area (Å²) in [6, 6.07) is 5.35. The number of hydrogen-bond donors (Lipinski definition) is 1. The molecule has 1 aromatic rings. The van der Waals surface area contributed by atoms with E-state index < -0.39 is 0 Å². The first-order valence-electron chi connectivity index (χ1n) is 6.52. The van der Waals surface area contributed by atoms with Crippen molar-refractivity contribution in [2.75, 3.05) is 20.3 Å². The summed E-state index contributed by atoms with van der Waals surface area (Å²) in [5, 5.41) is 3.49. The van der Waals surface area contributed by atoms with Gasteiger partial charge in [0.05, 0.1) is 6.61 Å². The summed E-state index contributed by atoms with van der Waals surface area (Å²) < 4.78 is 18.2. The van der Waals surface area contributed by atoms with Gasteiger partial charge in [0.25, 0.3) is 0 Å². The molecule has 1 unspecified atom stereocenters. The van der Waals surface area contributed by atoms with Gasteiger partial charge in [0.1, 0.15) is 5.82 Å². The second-order valence-corrected chi connectivity index (χ2v) is 5.08. The molecule has 2 nitrogen and oxygen atoms in total. The van der Waals surface area contributed by atoms with Gasteiger partial charge in [-0.3, -0.25) is 0 Å². The topological polar surface area (TPSA) is 21.3 Å². The second kappa shape index (κ2) is 7.49. The van der Waals surface area contributed by atoms with Gasteiger partial charge in [-0.15, -0.1) is 0 Å². The Bertz CT molecular complexity index is 366. The van der Waals surface area contributed by atoms with Crippen LogP contribution in [0, 0.1) is 18.7 Å². The van der Waals surface area contributed by atoms with Gasteiger partial charge in [0, 0.05) is 13.2 Å². The monoisotopic (exact) mass is 253 g/mol. The Morgan fingerprint density at radius 3 is 2.61 bits per heavy atom. The zero-order valence-corrected chi connectivity index (χ0v) is 11.8. The van der Waals surface area contributed by atoms with Crippen LogP contribution in [0.15, 0.2) is 18.2 Å². The van der Waals surface area contributed by atoms with E-state index in [-0.39, 0.29) is 5.82 Å². The smallest absolute Gasteiger partial charge is 0.123 e. The zero-order chi connectivity index (χ0) is 13.5. The lowest BCUT2D eigenvalue weighted by Crippen LogP contribution is -2.38. The Labute approximate surface area is 110 Å². The molecule has 0 spiro atoms. The SMILES string of the molecule is COCC(NCCc1ccc(F)cc1C)C(C)C. The predicted molar refractivity (Wildman–Crippen MR) is 73.3 cm³/mol. The highest BCUT2D eigenvalue weighted by Gasteiger charge is 2.12. The minimum atomic E-state index is -0.163. The molecule has 1 rings (SSSR count). The number of benzene rings is 1. The maximum Gasteiger partial charge on any atom is 0.123 e. The highest BCUT2D eigenvalue weighted by Crippen LogP contribution is 2.10. The second-order valence-electron chi connectivity index (χ2n) is 5.08. The molecule has 0 aliphatic rings. The standard InChI is InChI=1S/C15H24FNO/c1-11(2)15(10-18-4)17-8-7-13-5-6-14(16)9-12(13)3/h5-6,9,11,15,17H,7-8,10H2,1-4H3. The number of ether oxygens (including phenoxy) is 1. The quantitative estimate of drug-likeness (QED) is 0.806. The highest BCUT2D eigenvalue weighted by molar-refractivity contribution is 5.26. The van der Waals surface area contributed by atoms with Gasteiger partial charge in [0.2, 0.25) is 0 Å². The van der Waals surface area contributed by atoms with Crippen molar-refractivity contribution >= 4 is 0 Å². The van der Waals surface area contributed by atoms with Crippen molar-refractivity contribution in [2.45, 2.75) is 33.2 Å². The molecular weight excluding hydrogens is 229 g/mol. The number of methoxy groups -OCH3 is 1. The molecule has 0 saturated carbocycles. The van der Waals surface area contributed by atoms with Crippen LogP contribution in [0.1, 0.15) is 25.0 Å². The Morgan fingerprint density at radius 1 is 1.33 bits per heavy atom. The lowest BCUT2D eigenvalue weighted by atomic mass is 10.0. The summed E-state index contributed by atoms with van der Waals surface area (Å²) in [5.74, 6) is 0.378. The average molecular weight is 253 g/mol. The van der Waals surface area contributed by atoms with E-state index in [0.717, 1.165) is 25.1 Å². The molecule has 0 amide bonds. The third-order valence-corrected chi connectivity index (χ3v) is 3.26. The van der Waals surface area contributed by atoms with Crippen LogP contribution in [0.3, 0.4) is 0 Å². The van der Waals surface area contributed by atoms with Crippen LogP contribution in [0.25, 0.3) is 0 Å². The fourth-order valence-corrected chi connectivity index (χ4v) is 2.00. The van der Waals surface area contributed by atoms with Crippen molar-refractivity contribution in [2.24, 2.45) is 5.92 Å². The lowest BCUT2D eigenvalue weighted by molar-refractivity contribution is 0.147. The summed E-state index contributed by atoms with van der Waals surface area (Å²) >= 11 is 0. The zero-order valence-electron chi connectivity index (χ0n) is 11.8. The fraction of sp³-hybridized carbons (Fsp3) is 0.600. The van der Waals surface area contributed by atoms with Crippen molar-refractivity contribution in [3.63, 3.8) is 0 Å². The van der Waals surface area contributed by atoms with Gasteiger partial charge in [-0.2, -0.15) is 0 Å². The lowest BCUT2D eigenvalue weighted by Gasteiger charge is -2.21. The minimum absolute atomic E-state index is 0.163. The van der Waals surface area contributed by atoms with E-state index in [9.17, 15) is 4.39 Å². The summed E-state index contributed by atoms with van der Waals surface area (Å²) in [6.45, 7) is 7.92. The maximum absolute atomic E-state index is 13.0. The Morgan fingerprint density at radius 2 is 2.06 bits per heavy atom. The van der Waals surface area contributed by atoms with E-state index >= 15 is 0 Å². The molecule has 1 N–H and O–H groups in total. The number of nitrogens with one attached hydrogen (secondary N) is 1. The van der Waals surface area contributed by atoms with E-state index in [2.05, 4.69) is 19.2 Å². The molecule has 0 aliphatic heterocycles. The molecule has 102 valence electrons. The van der Waals surface area contributed by atoms with Crippen molar-refractivity contribution in [3.8, 4) is 0 Å². The Hall–Kier alpha value is -0.930. The third-order valence-electron chi connectivity index (χ3n) is 3.26. The number of aryl methyl sites for hydroxylation is 1. The predicted octanol–water partition coefficient (Wildman–Crippen LogP) is 2.94. The van der Waals surface area contributed by atoms with Gasteiger partial charge in [-0.25, -0.2) is 4.39 Å². The summed E-state index contributed by atoms with van der Waals surface area (Å²) in [7, 11) is 1.72. The Balaban J connectivity index is 2.45. The fourth-order valence-electron chi connectivity index (χ4n) is 2.00. The minimum Gasteiger partial charge on any atom is -0.383 e. The molecule has 0 fully saturated rings. The van der Waals surface area contributed by atoms with Gasteiger partial charge >= 0.3 is 0 Å². The first-order chi connectivity index (χ1) is 8.54. The Kier molecular flexibility index (Phi) is 6.30. The molecule has 1 atom stereocenters. The number of halogens is 1. The molecule has 18 heavy (non-hydrogen) atoms. The molecule has 0 aromatic heterocycles. The summed E-state index contributed by atoms with van der Waals surface area (Å²) in [5.41, 5.74) is 2.22. The van der Waals surface area contributed by atoms with Crippen molar-refractivity contribution < 1.29 is 9.13 Å². The number of hydrogen-bond acceptors (Lipinski definition) is 2. The van der Waals surface area contributed by atoms with Crippen LogP contribution in [-0.2, 0) is 11.2 Å². The molecular formula is C15H24FNO. The van der Waals surface area contributed by atoms with Crippen LogP contribution in [-0.4, -0.2) is 26.3 Å². The van der Waals surface area contributed by atoms with Crippen LogP contribution in [0.2, 0.25) is 0 Å². The molecule has 1 aromatic carbocycles. The van der Waals surface area contributed by atoms with E-state index in [1.165, 1.54) is 11.6 Å².